The Morgan fingerprint density at radius 3 is 2.14 bits per heavy atom. The van der Waals surface area contributed by atoms with Gasteiger partial charge in [0.25, 0.3) is 0 Å². The molecule has 0 aliphatic carbocycles. The minimum absolute atomic E-state index is 1.03. The first kappa shape index (κ1) is 17.3. The third-order valence-electron chi connectivity index (χ3n) is 5.72. The average Bonchev–Trinajstić information content (AvgIpc) is 2.54. The molecule has 0 saturated carbocycles. The summed E-state index contributed by atoms with van der Waals surface area (Å²) in [5.74, 6) is 2.07. The van der Waals surface area contributed by atoms with Crippen molar-refractivity contribution < 1.29 is 0 Å². The lowest BCUT2D eigenvalue weighted by atomic mass is 9.87. The molecule has 2 saturated heterocycles. The van der Waals surface area contributed by atoms with E-state index in [1.165, 1.54) is 103 Å². The van der Waals surface area contributed by atoms with Gasteiger partial charge in [0.05, 0.1) is 0 Å². The maximum atomic E-state index is 3.48. The van der Waals surface area contributed by atoms with E-state index in [0.717, 1.165) is 11.8 Å². The molecule has 124 valence electrons. The lowest BCUT2D eigenvalue weighted by molar-refractivity contribution is 0.172. The van der Waals surface area contributed by atoms with Gasteiger partial charge in [-0.05, 0) is 76.7 Å². The number of likely N-dealkylation sites (tertiary alicyclic amines) is 1. The molecular weight excluding hydrogens is 256 g/mol. The van der Waals surface area contributed by atoms with Gasteiger partial charge in [0.1, 0.15) is 0 Å². The Balaban J connectivity index is 1.46. The Hall–Kier alpha value is -0.0800. The molecule has 0 aromatic carbocycles. The average molecular weight is 295 g/mol. The van der Waals surface area contributed by atoms with E-state index in [4.69, 9.17) is 0 Å². The van der Waals surface area contributed by atoms with Crippen LogP contribution in [-0.2, 0) is 0 Å². The quantitative estimate of drug-likeness (QED) is 0.632. The number of unbranched alkanes of at least 4 members (excludes halogenated alkanes) is 3. The second kappa shape index (κ2) is 10.6. The Bertz CT molecular complexity index is 240. The molecule has 1 N–H and O–H groups in total. The van der Waals surface area contributed by atoms with E-state index in [1.807, 2.05) is 0 Å². The molecule has 2 nitrogen and oxygen atoms in total. The van der Waals surface area contributed by atoms with E-state index in [0.29, 0.717) is 0 Å². The van der Waals surface area contributed by atoms with E-state index >= 15 is 0 Å². The molecule has 0 unspecified atom stereocenters. The van der Waals surface area contributed by atoms with Crippen molar-refractivity contribution in [3.8, 4) is 0 Å². The van der Waals surface area contributed by atoms with Crippen molar-refractivity contribution in [2.75, 3.05) is 32.7 Å². The molecule has 0 atom stereocenters. The first-order valence-electron chi connectivity index (χ1n) is 9.81. The van der Waals surface area contributed by atoms with Crippen molar-refractivity contribution >= 4 is 0 Å². The fourth-order valence-electron chi connectivity index (χ4n) is 4.13. The Kier molecular flexibility index (Phi) is 8.73. The minimum Gasteiger partial charge on any atom is -0.317 e. The van der Waals surface area contributed by atoms with Gasteiger partial charge in [-0.3, -0.25) is 0 Å². The second-order valence-electron chi connectivity index (χ2n) is 7.47. The van der Waals surface area contributed by atoms with Crippen LogP contribution in [0.5, 0.6) is 0 Å². The van der Waals surface area contributed by atoms with Gasteiger partial charge >= 0.3 is 0 Å². The van der Waals surface area contributed by atoms with Crippen LogP contribution in [0.2, 0.25) is 0 Å². The van der Waals surface area contributed by atoms with Gasteiger partial charge in [0.15, 0.2) is 0 Å². The van der Waals surface area contributed by atoms with Crippen molar-refractivity contribution in [1.29, 1.82) is 0 Å². The number of rotatable bonds is 9. The molecule has 2 rings (SSSR count). The lowest BCUT2D eigenvalue weighted by Crippen LogP contribution is -2.34. The van der Waals surface area contributed by atoms with Crippen molar-refractivity contribution in [3.63, 3.8) is 0 Å². The van der Waals surface area contributed by atoms with Crippen LogP contribution in [0.4, 0.5) is 0 Å². The molecule has 0 aromatic heterocycles. The summed E-state index contributed by atoms with van der Waals surface area (Å²) in [4.78, 5) is 2.72. The molecular formula is C19H38N2. The summed E-state index contributed by atoms with van der Waals surface area (Å²) in [5, 5.41) is 3.48. The first-order valence-corrected chi connectivity index (χ1v) is 9.81. The highest BCUT2D eigenvalue weighted by atomic mass is 15.1. The Morgan fingerprint density at radius 1 is 0.810 bits per heavy atom. The van der Waals surface area contributed by atoms with Crippen LogP contribution >= 0.6 is 0 Å². The highest BCUT2D eigenvalue weighted by molar-refractivity contribution is 4.74. The number of hydrogen-bond donors (Lipinski definition) is 1. The molecule has 2 aliphatic heterocycles. The SMILES string of the molecule is CCCCCCN1CCC(CCCC2CCNCC2)CC1. The zero-order valence-electron chi connectivity index (χ0n) is 14.4. The van der Waals surface area contributed by atoms with Crippen LogP contribution in [0.1, 0.15) is 77.6 Å². The number of nitrogens with one attached hydrogen (secondary N) is 1. The number of nitrogens with zero attached hydrogens (tertiary/aromatic N) is 1. The fourth-order valence-corrected chi connectivity index (χ4v) is 4.13. The highest BCUT2D eigenvalue weighted by Gasteiger charge is 2.19. The largest absolute Gasteiger partial charge is 0.317 e. The third-order valence-corrected chi connectivity index (χ3v) is 5.72. The zero-order chi connectivity index (χ0) is 14.8. The van der Waals surface area contributed by atoms with E-state index in [1.54, 1.807) is 0 Å². The van der Waals surface area contributed by atoms with Gasteiger partial charge in [0, 0.05) is 0 Å². The molecule has 0 spiro atoms. The van der Waals surface area contributed by atoms with Gasteiger partial charge in [-0.25, -0.2) is 0 Å². The van der Waals surface area contributed by atoms with Crippen molar-refractivity contribution in [1.82, 2.24) is 10.2 Å². The van der Waals surface area contributed by atoms with Crippen molar-refractivity contribution in [2.24, 2.45) is 11.8 Å². The summed E-state index contributed by atoms with van der Waals surface area (Å²) in [5.41, 5.74) is 0. The molecule has 2 heteroatoms. The molecule has 21 heavy (non-hydrogen) atoms. The summed E-state index contributed by atoms with van der Waals surface area (Å²) >= 11 is 0. The predicted octanol–water partition coefficient (Wildman–Crippen LogP) is 4.45. The molecule has 0 aromatic rings. The van der Waals surface area contributed by atoms with Crippen molar-refractivity contribution in [2.45, 2.75) is 77.6 Å². The van der Waals surface area contributed by atoms with Gasteiger partial charge in [0.2, 0.25) is 0 Å². The van der Waals surface area contributed by atoms with Gasteiger partial charge < -0.3 is 10.2 Å². The topological polar surface area (TPSA) is 15.3 Å². The standard InChI is InChI=1S/C19H38N2/c1-2-3-4-5-15-21-16-11-19(12-17-21)8-6-7-18-9-13-20-14-10-18/h18-20H,2-17H2,1H3. The van der Waals surface area contributed by atoms with Crippen LogP contribution in [-0.4, -0.2) is 37.6 Å². The zero-order valence-corrected chi connectivity index (χ0v) is 14.4. The third kappa shape index (κ3) is 7.15. The van der Waals surface area contributed by atoms with Gasteiger partial charge in [-0.1, -0.05) is 45.4 Å². The van der Waals surface area contributed by atoms with Crippen LogP contribution in [0.25, 0.3) is 0 Å². The van der Waals surface area contributed by atoms with E-state index in [9.17, 15) is 0 Å². The fraction of sp³-hybridized carbons (Fsp3) is 1.00. The Labute approximate surface area is 133 Å². The molecule has 0 radical (unpaired) electrons. The summed E-state index contributed by atoms with van der Waals surface area (Å²) < 4.78 is 0. The summed E-state index contributed by atoms with van der Waals surface area (Å²) in [7, 11) is 0. The predicted molar refractivity (Wildman–Crippen MR) is 92.8 cm³/mol. The summed E-state index contributed by atoms with van der Waals surface area (Å²) in [6.07, 6.45) is 15.9. The number of hydrogen-bond acceptors (Lipinski definition) is 2. The van der Waals surface area contributed by atoms with Gasteiger partial charge in [-0.15, -0.1) is 0 Å². The first-order chi connectivity index (χ1) is 10.4. The molecule has 2 fully saturated rings. The summed E-state index contributed by atoms with van der Waals surface area (Å²) in [6.45, 7) is 8.95. The van der Waals surface area contributed by atoms with Crippen LogP contribution < -0.4 is 5.32 Å². The smallest absolute Gasteiger partial charge is 0.00161 e. The highest BCUT2D eigenvalue weighted by Crippen LogP contribution is 2.26. The molecule has 2 aliphatic rings. The minimum atomic E-state index is 1.03. The van der Waals surface area contributed by atoms with Crippen LogP contribution in [0.3, 0.4) is 0 Å². The van der Waals surface area contributed by atoms with E-state index in [2.05, 4.69) is 17.1 Å². The normalized spacial score (nSPS) is 22.7. The monoisotopic (exact) mass is 294 g/mol. The van der Waals surface area contributed by atoms with Crippen LogP contribution in [0.15, 0.2) is 0 Å². The molecule has 2 heterocycles. The lowest BCUT2D eigenvalue weighted by Gasteiger charge is -2.32. The number of piperidine rings is 2. The maximum absolute atomic E-state index is 3.48. The second-order valence-corrected chi connectivity index (χ2v) is 7.47. The van der Waals surface area contributed by atoms with E-state index < -0.39 is 0 Å². The summed E-state index contributed by atoms with van der Waals surface area (Å²) in [6, 6.07) is 0. The van der Waals surface area contributed by atoms with E-state index in [-0.39, 0.29) is 0 Å². The van der Waals surface area contributed by atoms with Gasteiger partial charge in [-0.2, -0.15) is 0 Å². The molecule has 0 amide bonds. The molecule has 0 bridgehead atoms. The Morgan fingerprint density at radius 2 is 1.48 bits per heavy atom. The van der Waals surface area contributed by atoms with Crippen LogP contribution in [0, 0.1) is 11.8 Å². The van der Waals surface area contributed by atoms with Crippen molar-refractivity contribution in [3.05, 3.63) is 0 Å². The maximum Gasteiger partial charge on any atom is -0.00161 e.